The Kier molecular flexibility index (Phi) is 2.88. The van der Waals surface area contributed by atoms with Gasteiger partial charge in [-0.3, -0.25) is 14.9 Å². The Balaban J connectivity index is 2.11. The molecule has 0 aliphatic carbocycles. The number of nitro groups is 1. The number of carbonyl (C=O) groups excluding carboxylic acids is 1. The lowest BCUT2D eigenvalue weighted by atomic mass is 10.3. The molecule has 1 unspecified atom stereocenters. The first-order valence-corrected chi connectivity index (χ1v) is 5.73. The van der Waals surface area contributed by atoms with Gasteiger partial charge in [0.25, 0.3) is 5.91 Å². The second-order valence-electron chi connectivity index (χ2n) is 3.73. The summed E-state index contributed by atoms with van der Waals surface area (Å²) in [6, 6.07) is 1.34. The van der Waals surface area contributed by atoms with Crippen LogP contribution in [0.3, 0.4) is 0 Å². The summed E-state index contributed by atoms with van der Waals surface area (Å²) in [4.78, 5) is 23.5. The number of nitrogens with zero attached hydrogens (tertiary/aromatic N) is 2. The maximum Gasteiger partial charge on any atom is 0.324 e. The highest BCUT2D eigenvalue weighted by atomic mass is 32.1. The smallest absolute Gasteiger partial charge is 0.324 e. The maximum absolute atomic E-state index is 11.9. The number of hydrogen-bond donors (Lipinski definition) is 1. The number of nitrogens with two attached hydrogens (primary N) is 1. The van der Waals surface area contributed by atoms with E-state index in [0.717, 1.165) is 17.8 Å². The molecule has 0 saturated carbocycles. The van der Waals surface area contributed by atoms with Gasteiger partial charge in [0, 0.05) is 30.6 Å². The molecule has 1 aromatic rings. The molecule has 7 heteroatoms. The largest absolute Gasteiger partial charge is 0.337 e. The molecule has 6 nitrogen and oxygen atoms in total. The van der Waals surface area contributed by atoms with Gasteiger partial charge in [-0.2, -0.15) is 0 Å². The number of likely N-dealkylation sites (tertiary alicyclic amines) is 1. The Morgan fingerprint density at radius 3 is 2.94 bits per heavy atom. The molecule has 0 radical (unpaired) electrons. The van der Waals surface area contributed by atoms with Crippen LogP contribution in [-0.2, 0) is 0 Å². The third kappa shape index (κ3) is 2.05. The molecule has 1 atom stereocenters. The van der Waals surface area contributed by atoms with E-state index >= 15 is 0 Å². The highest BCUT2D eigenvalue weighted by Gasteiger charge is 2.26. The molecule has 1 aromatic heterocycles. The van der Waals surface area contributed by atoms with E-state index in [2.05, 4.69) is 0 Å². The van der Waals surface area contributed by atoms with Crippen LogP contribution >= 0.6 is 11.3 Å². The van der Waals surface area contributed by atoms with Gasteiger partial charge in [-0.1, -0.05) is 11.3 Å². The van der Waals surface area contributed by atoms with Crippen LogP contribution in [0.1, 0.15) is 16.8 Å². The first-order valence-electron chi connectivity index (χ1n) is 4.85. The number of thiophene rings is 1. The fraction of sp³-hybridized carbons (Fsp3) is 0.444. The van der Waals surface area contributed by atoms with Gasteiger partial charge in [-0.25, -0.2) is 0 Å². The van der Waals surface area contributed by atoms with E-state index in [1.54, 1.807) is 4.90 Å². The van der Waals surface area contributed by atoms with E-state index in [0.29, 0.717) is 18.7 Å². The lowest BCUT2D eigenvalue weighted by Gasteiger charge is -2.14. The summed E-state index contributed by atoms with van der Waals surface area (Å²) >= 11 is 0.968. The predicted molar refractivity (Wildman–Crippen MR) is 59.5 cm³/mol. The summed E-state index contributed by atoms with van der Waals surface area (Å²) in [5.41, 5.74) is 6.08. The summed E-state index contributed by atoms with van der Waals surface area (Å²) < 4.78 is 0. The maximum atomic E-state index is 11.9. The second-order valence-corrected chi connectivity index (χ2v) is 4.62. The van der Waals surface area contributed by atoms with Gasteiger partial charge in [0.05, 0.1) is 10.5 Å². The minimum Gasteiger partial charge on any atom is -0.337 e. The highest BCUT2D eigenvalue weighted by molar-refractivity contribution is 7.13. The molecule has 2 N–H and O–H groups in total. The average Bonchev–Trinajstić information content (AvgIpc) is 2.84. The second kappa shape index (κ2) is 4.18. The van der Waals surface area contributed by atoms with Crippen LogP contribution in [0.4, 0.5) is 5.00 Å². The third-order valence-electron chi connectivity index (χ3n) is 2.52. The average molecular weight is 241 g/mol. The monoisotopic (exact) mass is 241 g/mol. The fourth-order valence-corrected chi connectivity index (χ4v) is 2.38. The van der Waals surface area contributed by atoms with Crippen molar-refractivity contribution in [2.75, 3.05) is 13.1 Å². The third-order valence-corrected chi connectivity index (χ3v) is 3.40. The summed E-state index contributed by atoms with van der Waals surface area (Å²) in [5, 5.41) is 12.0. The molecule has 86 valence electrons. The van der Waals surface area contributed by atoms with Crippen LogP contribution < -0.4 is 5.73 Å². The highest BCUT2D eigenvalue weighted by Crippen LogP contribution is 2.24. The van der Waals surface area contributed by atoms with Crippen molar-refractivity contribution in [1.29, 1.82) is 0 Å². The van der Waals surface area contributed by atoms with Crippen LogP contribution in [0, 0.1) is 10.1 Å². The predicted octanol–water partition coefficient (Wildman–Crippen LogP) is 0.829. The fourth-order valence-electron chi connectivity index (χ4n) is 1.69. The van der Waals surface area contributed by atoms with Crippen LogP contribution in [0.25, 0.3) is 0 Å². The molecule has 2 rings (SSSR count). The van der Waals surface area contributed by atoms with Gasteiger partial charge in [0.2, 0.25) is 0 Å². The van der Waals surface area contributed by atoms with E-state index in [1.807, 2.05) is 0 Å². The van der Waals surface area contributed by atoms with E-state index in [4.69, 9.17) is 5.73 Å². The summed E-state index contributed by atoms with van der Waals surface area (Å²) in [6.45, 7) is 1.16. The van der Waals surface area contributed by atoms with Crippen molar-refractivity contribution >= 4 is 22.2 Å². The molecule has 0 spiro atoms. The van der Waals surface area contributed by atoms with Crippen LogP contribution in [0.5, 0.6) is 0 Å². The molecule has 1 fully saturated rings. The van der Waals surface area contributed by atoms with Crippen molar-refractivity contribution in [3.05, 3.63) is 27.1 Å². The van der Waals surface area contributed by atoms with Crippen LogP contribution in [-0.4, -0.2) is 34.9 Å². The van der Waals surface area contributed by atoms with E-state index in [-0.39, 0.29) is 17.0 Å². The van der Waals surface area contributed by atoms with Gasteiger partial charge in [-0.05, 0) is 6.42 Å². The van der Waals surface area contributed by atoms with Gasteiger partial charge >= 0.3 is 5.00 Å². The molecular formula is C9H11N3O3S. The molecule has 1 amide bonds. The Hall–Kier alpha value is -1.47. The van der Waals surface area contributed by atoms with Crippen LogP contribution in [0.2, 0.25) is 0 Å². The van der Waals surface area contributed by atoms with E-state index in [1.165, 1.54) is 11.4 Å². The van der Waals surface area contributed by atoms with Crippen molar-refractivity contribution in [1.82, 2.24) is 4.90 Å². The topological polar surface area (TPSA) is 89.5 Å². The molecule has 0 aromatic carbocycles. The number of hydrogen-bond acceptors (Lipinski definition) is 5. The van der Waals surface area contributed by atoms with E-state index < -0.39 is 4.92 Å². The van der Waals surface area contributed by atoms with Gasteiger partial charge < -0.3 is 10.6 Å². The van der Waals surface area contributed by atoms with Crippen LogP contribution in [0.15, 0.2) is 11.4 Å². The normalized spacial score (nSPS) is 20.1. The molecule has 16 heavy (non-hydrogen) atoms. The Morgan fingerprint density at radius 1 is 1.69 bits per heavy atom. The van der Waals surface area contributed by atoms with Crippen molar-refractivity contribution in [3.8, 4) is 0 Å². The summed E-state index contributed by atoms with van der Waals surface area (Å²) in [5.74, 6) is -0.169. The number of rotatable bonds is 2. The molecule has 1 aliphatic rings. The number of amides is 1. The van der Waals surface area contributed by atoms with E-state index in [9.17, 15) is 14.9 Å². The van der Waals surface area contributed by atoms with Gasteiger partial charge in [0.1, 0.15) is 0 Å². The zero-order chi connectivity index (χ0) is 11.7. The molecular weight excluding hydrogens is 230 g/mol. The van der Waals surface area contributed by atoms with Crippen molar-refractivity contribution in [3.63, 3.8) is 0 Å². The molecule has 1 saturated heterocycles. The first-order chi connectivity index (χ1) is 7.58. The standard InChI is InChI=1S/C9H11N3O3S/c10-7-1-2-11(4-7)9(13)6-3-8(12(14)15)16-5-6/h3,5,7H,1-2,4,10H2. The first kappa shape index (κ1) is 11.0. The minimum absolute atomic E-state index is 0.00755. The number of carbonyl (C=O) groups is 1. The molecule has 1 aliphatic heterocycles. The lowest BCUT2D eigenvalue weighted by Crippen LogP contribution is -2.31. The van der Waals surface area contributed by atoms with Gasteiger partial charge in [-0.15, -0.1) is 0 Å². The molecule has 2 heterocycles. The Bertz CT molecular complexity index is 431. The summed E-state index contributed by atoms with van der Waals surface area (Å²) in [7, 11) is 0. The lowest BCUT2D eigenvalue weighted by molar-refractivity contribution is -0.380. The minimum atomic E-state index is -0.489. The van der Waals surface area contributed by atoms with Crippen molar-refractivity contribution < 1.29 is 9.72 Å². The van der Waals surface area contributed by atoms with Crippen molar-refractivity contribution in [2.45, 2.75) is 12.5 Å². The zero-order valence-corrected chi connectivity index (χ0v) is 9.27. The Morgan fingerprint density at radius 2 is 2.44 bits per heavy atom. The Labute approximate surface area is 95.8 Å². The zero-order valence-electron chi connectivity index (χ0n) is 8.46. The SMILES string of the molecule is NC1CCN(C(=O)c2csc([N+](=O)[O-])c2)C1. The van der Waals surface area contributed by atoms with Crippen molar-refractivity contribution in [2.24, 2.45) is 5.73 Å². The summed E-state index contributed by atoms with van der Waals surface area (Å²) in [6.07, 6.45) is 0.790. The molecule has 0 bridgehead atoms. The quantitative estimate of drug-likeness (QED) is 0.613. The van der Waals surface area contributed by atoms with Gasteiger partial charge in [0.15, 0.2) is 0 Å².